The number of likely N-dealkylation sites (N-methyl/N-ethyl adjacent to an activating group) is 1. The number of benzene rings is 3. The van der Waals surface area contributed by atoms with E-state index >= 15 is 0 Å². The quantitative estimate of drug-likeness (QED) is 0.359. The van der Waals surface area contributed by atoms with Crippen LogP contribution in [0.4, 0.5) is 4.39 Å². The number of hydrogen-bond donors (Lipinski definition) is 1. The predicted octanol–water partition coefficient (Wildman–Crippen LogP) is 3.57. The summed E-state index contributed by atoms with van der Waals surface area (Å²) in [6.45, 7) is 0. The molecule has 0 fully saturated rings. The Morgan fingerprint density at radius 1 is 0.975 bits per heavy atom. The first-order valence-corrected chi connectivity index (χ1v) is 14.0. The van der Waals surface area contributed by atoms with E-state index in [0.717, 1.165) is 30.4 Å². The summed E-state index contributed by atoms with van der Waals surface area (Å²) in [6, 6.07) is 15.3. The van der Waals surface area contributed by atoms with Gasteiger partial charge in [0, 0.05) is 30.6 Å². The van der Waals surface area contributed by atoms with Gasteiger partial charge in [-0.2, -0.15) is 8.42 Å². The van der Waals surface area contributed by atoms with E-state index in [-0.39, 0.29) is 22.2 Å². The van der Waals surface area contributed by atoms with Crippen molar-refractivity contribution in [1.82, 2.24) is 14.9 Å². The number of guanidine groups is 1. The number of aliphatic imine (C=N–C) groups is 1. The van der Waals surface area contributed by atoms with Gasteiger partial charge in [-0.15, -0.1) is 0 Å². The molecule has 1 aliphatic carbocycles. The van der Waals surface area contributed by atoms with Gasteiger partial charge in [0.05, 0.1) is 0 Å². The van der Waals surface area contributed by atoms with Gasteiger partial charge >= 0.3 is 10.1 Å². The number of nitrogens with two attached hydrogens (primary N) is 1. The third kappa shape index (κ3) is 4.19. The smallest absolute Gasteiger partial charge is 0.339 e. The van der Waals surface area contributed by atoms with Crippen molar-refractivity contribution < 1.29 is 21.8 Å². The maximum absolute atomic E-state index is 14.9. The van der Waals surface area contributed by atoms with Crippen molar-refractivity contribution in [1.29, 1.82) is 0 Å². The third-order valence-electron chi connectivity index (χ3n) is 7.31. The van der Waals surface area contributed by atoms with E-state index in [9.17, 15) is 17.6 Å². The topological polar surface area (TPSA) is 128 Å². The second-order valence-electron chi connectivity index (χ2n) is 9.72. The van der Waals surface area contributed by atoms with Crippen LogP contribution in [0.2, 0.25) is 0 Å². The molecule has 3 aromatic carbocycles. The summed E-state index contributed by atoms with van der Waals surface area (Å²) in [6.07, 6.45) is 6.98. The Morgan fingerprint density at radius 3 is 2.48 bits per heavy atom. The summed E-state index contributed by atoms with van der Waals surface area (Å²) in [5.41, 5.74) is 7.71. The van der Waals surface area contributed by atoms with E-state index in [1.807, 2.05) is 6.07 Å². The van der Waals surface area contributed by atoms with Gasteiger partial charge < -0.3 is 9.92 Å². The summed E-state index contributed by atoms with van der Waals surface area (Å²) in [5.74, 6) is -1.09. The first-order valence-electron chi connectivity index (χ1n) is 12.5. The highest BCUT2D eigenvalue weighted by Gasteiger charge is 2.50. The van der Waals surface area contributed by atoms with Gasteiger partial charge in [-0.25, -0.2) is 19.4 Å². The number of fused-ring (bicyclic) bond motifs is 1. The molecule has 1 amide bonds. The van der Waals surface area contributed by atoms with Crippen molar-refractivity contribution in [2.75, 3.05) is 7.05 Å². The van der Waals surface area contributed by atoms with E-state index in [1.54, 1.807) is 24.3 Å². The molecule has 1 unspecified atom stereocenters. The fourth-order valence-electron chi connectivity index (χ4n) is 5.25. The average Bonchev–Trinajstić information content (AvgIpc) is 3.52. The number of nitrogens with zero attached hydrogens (tertiary/aromatic N) is 4. The Bertz CT molecular complexity index is 1800. The van der Waals surface area contributed by atoms with Crippen molar-refractivity contribution in [3.05, 3.63) is 107 Å². The van der Waals surface area contributed by atoms with Crippen molar-refractivity contribution in [2.45, 2.75) is 29.7 Å². The largest absolute Gasteiger partial charge is 0.379 e. The van der Waals surface area contributed by atoms with Crippen molar-refractivity contribution in [2.24, 2.45) is 10.7 Å². The summed E-state index contributed by atoms with van der Waals surface area (Å²) in [7, 11) is -2.68. The molecular formula is C29H24FN5O4S. The molecule has 2 N–H and O–H groups in total. The lowest BCUT2D eigenvalue weighted by molar-refractivity contribution is -0.129. The highest BCUT2D eigenvalue weighted by atomic mass is 32.2. The molecule has 40 heavy (non-hydrogen) atoms. The van der Waals surface area contributed by atoms with Crippen molar-refractivity contribution in [3.63, 3.8) is 0 Å². The molecule has 6 rings (SSSR count). The van der Waals surface area contributed by atoms with E-state index < -0.39 is 27.4 Å². The summed E-state index contributed by atoms with van der Waals surface area (Å²) >= 11 is 0. The van der Waals surface area contributed by atoms with Gasteiger partial charge in [0.25, 0.3) is 5.91 Å². The first kappa shape index (κ1) is 25.6. The van der Waals surface area contributed by atoms with E-state index in [2.05, 4.69) is 15.0 Å². The van der Waals surface area contributed by atoms with Crippen LogP contribution in [-0.2, 0) is 33.3 Å². The molecule has 202 valence electrons. The Labute approximate surface area is 230 Å². The molecule has 2 aliphatic rings. The number of aryl methyl sites for hydroxylation is 2. The molecule has 0 bridgehead atoms. The number of amides is 1. The van der Waals surface area contributed by atoms with E-state index in [0.29, 0.717) is 16.7 Å². The molecule has 1 aromatic heterocycles. The van der Waals surface area contributed by atoms with Gasteiger partial charge in [0.15, 0.2) is 11.5 Å². The van der Waals surface area contributed by atoms with E-state index in [1.165, 1.54) is 61.0 Å². The second-order valence-corrected chi connectivity index (χ2v) is 11.3. The van der Waals surface area contributed by atoms with E-state index in [4.69, 9.17) is 9.92 Å². The molecule has 0 saturated carbocycles. The fraction of sp³-hybridized carbons (Fsp3) is 0.172. The van der Waals surface area contributed by atoms with Gasteiger partial charge in [-0.3, -0.25) is 9.69 Å². The minimum atomic E-state index is -4.16. The lowest BCUT2D eigenvalue weighted by Gasteiger charge is -2.27. The number of hydrogen-bond acceptors (Lipinski definition) is 8. The van der Waals surface area contributed by atoms with Crippen LogP contribution in [0.3, 0.4) is 0 Å². The number of carbonyl (C=O) groups is 1. The minimum Gasteiger partial charge on any atom is -0.379 e. The molecule has 11 heteroatoms. The number of carbonyl (C=O) groups excluding carboxylic acids is 1. The number of rotatable bonds is 6. The predicted molar refractivity (Wildman–Crippen MR) is 145 cm³/mol. The zero-order valence-electron chi connectivity index (χ0n) is 21.4. The molecule has 9 nitrogen and oxygen atoms in total. The Balaban J connectivity index is 1.44. The monoisotopic (exact) mass is 557 g/mol. The molecule has 0 spiro atoms. The Kier molecular flexibility index (Phi) is 6.10. The van der Waals surface area contributed by atoms with Gasteiger partial charge in [0.1, 0.15) is 22.8 Å². The summed E-state index contributed by atoms with van der Waals surface area (Å²) in [4.78, 5) is 27.5. The van der Waals surface area contributed by atoms with Crippen LogP contribution in [0.25, 0.3) is 11.1 Å². The Hall–Kier alpha value is -4.64. The van der Waals surface area contributed by atoms with Crippen LogP contribution in [0.5, 0.6) is 5.75 Å². The second kappa shape index (κ2) is 9.53. The molecule has 2 heterocycles. The minimum absolute atomic E-state index is 0.00714. The molecule has 0 radical (unpaired) electrons. The van der Waals surface area contributed by atoms with Gasteiger partial charge in [-0.1, -0.05) is 24.3 Å². The molecule has 4 aromatic rings. The third-order valence-corrected chi connectivity index (χ3v) is 8.56. The average molecular weight is 558 g/mol. The number of halogens is 1. The molecule has 1 aliphatic heterocycles. The van der Waals surface area contributed by atoms with Crippen LogP contribution in [0, 0.1) is 5.82 Å². The maximum Gasteiger partial charge on any atom is 0.339 e. The highest BCUT2D eigenvalue weighted by molar-refractivity contribution is 7.87. The van der Waals surface area contributed by atoms with Crippen LogP contribution in [-0.4, -0.2) is 42.2 Å². The standard InChI is InChI=1S/C29H24FN5O4S/c1-35-27(36)29(34-28(35)31,22-9-11-26(30)25(14-22)20-15-32-17-33-16-20)21-6-3-7-23(13-21)39-40(37,38)24-10-8-18-4-2-5-19(18)12-24/h3,6-17H,2,4-5H2,1H3,(H2,31,34). The molecule has 0 saturated heterocycles. The van der Waals surface area contributed by atoms with Crippen LogP contribution in [0.1, 0.15) is 28.7 Å². The summed E-state index contributed by atoms with van der Waals surface area (Å²) < 4.78 is 46.8. The van der Waals surface area contributed by atoms with Crippen LogP contribution in [0.15, 0.2) is 89.3 Å². The zero-order valence-corrected chi connectivity index (χ0v) is 22.2. The lowest BCUT2D eigenvalue weighted by atomic mass is 9.81. The van der Waals surface area contributed by atoms with Crippen molar-refractivity contribution in [3.8, 4) is 16.9 Å². The highest BCUT2D eigenvalue weighted by Crippen LogP contribution is 2.42. The molecule has 1 atom stereocenters. The normalized spacial score (nSPS) is 18.5. The Morgan fingerprint density at radius 2 is 1.73 bits per heavy atom. The maximum atomic E-state index is 14.9. The fourth-order valence-corrected chi connectivity index (χ4v) is 6.22. The van der Waals surface area contributed by atoms with Gasteiger partial charge in [-0.05, 0) is 77.9 Å². The SMILES string of the molecule is CN1C(=O)C(c2cccc(OS(=O)(=O)c3ccc4c(c3)CCC4)c2)(c2ccc(F)c(-c3cncnc3)c2)N=C1N. The van der Waals surface area contributed by atoms with Crippen LogP contribution < -0.4 is 9.92 Å². The summed E-state index contributed by atoms with van der Waals surface area (Å²) in [5, 5.41) is 0. The van der Waals surface area contributed by atoms with Crippen molar-refractivity contribution >= 4 is 22.0 Å². The first-order chi connectivity index (χ1) is 19.2. The lowest BCUT2D eigenvalue weighted by Crippen LogP contribution is -2.41. The molecular weight excluding hydrogens is 533 g/mol. The van der Waals surface area contributed by atoms with Gasteiger partial charge in [0.2, 0.25) is 0 Å². The van der Waals surface area contributed by atoms with Crippen LogP contribution >= 0.6 is 0 Å². The zero-order chi connectivity index (χ0) is 28.1. The number of aromatic nitrogens is 2.